The number of ether oxygens (including phenoxy) is 1. The first kappa shape index (κ1) is 26.0. The van der Waals surface area contributed by atoms with Crippen molar-refractivity contribution >= 4 is 45.9 Å². The van der Waals surface area contributed by atoms with E-state index in [-0.39, 0.29) is 17.9 Å². The first-order valence-electron chi connectivity index (χ1n) is 12.5. The van der Waals surface area contributed by atoms with Gasteiger partial charge in [0, 0.05) is 33.2 Å². The molecule has 0 bridgehead atoms. The maximum Gasteiger partial charge on any atom is 0.338 e. The van der Waals surface area contributed by atoms with Gasteiger partial charge in [0.2, 0.25) is 0 Å². The van der Waals surface area contributed by atoms with Crippen LogP contribution < -0.4 is 14.9 Å². The van der Waals surface area contributed by atoms with Gasteiger partial charge in [-0.1, -0.05) is 77.5 Å². The van der Waals surface area contributed by atoms with Crippen LogP contribution >= 0.6 is 22.9 Å². The highest BCUT2D eigenvalue weighted by molar-refractivity contribution is 7.07. The van der Waals surface area contributed by atoms with Crippen molar-refractivity contribution in [3.63, 3.8) is 0 Å². The van der Waals surface area contributed by atoms with Crippen LogP contribution in [0, 0.1) is 5.82 Å². The van der Waals surface area contributed by atoms with Crippen molar-refractivity contribution in [3.05, 3.63) is 137 Å². The van der Waals surface area contributed by atoms with Crippen molar-refractivity contribution in [2.24, 2.45) is 4.99 Å². The Kier molecular flexibility index (Phi) is 6.73. The van der Waals surface area contributed by atoms with Crippen LogP contribution in [0.2, 0.25) is 5.02 Å². The van der Waals surface area contributed by atoms with Crippen molar-refractivity contribution in [3.8, 4) is 0 Å². The Morgan fingerprint density at radius 3 is 2.60 bits per heavy atom. The summed E-state index contributed by atoms with van der Waals surface area (Å²) < 4.78 is 23.6. The van der Waals surface area contributed by atoms with E-state index in [0.29, 0.717) is 31.2 Å². The van der Waals surface area contributed by atoms with E-state index in [2.05, 4.69) is 4.99 Å². The second kappa shape index (κ2) is 10.4. The molecule has 0 amide bonds. The van der Waals surface area contributed by atoms with E-state index >= 15 is 0 Å². The number of para-hydroxylation sites is 1. The third kappa shape index (κ3) is 4.39. The largest absolute Gasteiger partial charge is 0.466 e. The molecular weight excluding hydrogens is 549 g/mol. The summed E-state index contributed by atoms with van der Waals surface area (Å²) in [4.78, 5) is 31.9. The number of thiazole rings is 1. The van der Waals surface area contributed by atoms with Gasteiger partial charge in [0.05, 0.1) is 35.5 Å². The van der Waals surface area contributed by atoms with Gasteiger partial charge in [-0.3, -0.25) is 9.36 Å². The number of esters is 1. The van der Waals surface area contributed by atoms with E-state index in [1.54, 1.807) is 23.6 Å². The lowest BCUT2D eigenvalue weighted by Crippen LogP contribution is -2.39. The number of halogens is 2. The van der Waals surface area contributed by atoms with E-state index in [4.69, 9.17) is 16.3 Å². The van der Waals surface area contributed by atoms with E-state index in [9.17, 15) is 14.0 Å². The average Bonchev–Trinajstić information content (AvgIpc) is 3.46. The summed E-state index contributed by atoms with van der Waals surface area (Å²) in [6, 6.07) is 21.1. The zero-order valence-electron chi connectivity index (χ0n) is 21.6. The fourth-order valence-corrected chi connectivity index (χ4v) is 6.42. The van der Waals surface area contributed by atoms with Crippen LogP contribution in [0.15, 0.2) is 100 Å². The molecule has 0 saturated carbocycles. The molecule has 1 atom stereocenters. The molecule has 3 heterocycles. The van der Waals surface area contributed by atoms with Crippen LogP contribution in [0.5, 0.6) is 0 Å². The second-order valence-electron chi connectivity index (χ2n) is 9.41. The molecule has 1 unspecified atom stereocenters. The molecule has 0 radical (unpaired) electrons. The maximum atomic E-state index is 14.6. The number of nitrogens with zero attached hydrogens (tertiary/aromatic N) is 3. The molecule has 0 N–H and O–H groups in total. The number of benzene rings is 3. The number of hydrogen-bond acceptors (Lipinski definition) is 5. The Bertz CT molecular complexity index is 1990. The summed E-state index contributed by atoms with van der Waals surface area (Å²) in [5.74, 6) is -0.905. The molecule has 200 valence electrons. The van der Waals surface area contributed by atoms with Crippen molar-refractivity contribution in [2.45, 2.75) is 19.5 Å². The number of aromatic nitrogens is 2. The van der Waals surface area contributed by atoms with Gasteiger partial charge in [-0.2, -0.15) is 0 Å². The minimum atomic E-state index is -0.670. The number of rotatable bonds is 5. The van der Waals surface area contributed by atoms with Crippen LogP contribution in [0.1, 0.15) is 29.7 Å². The molecule has 0 aliphatic carbocycles. The minimum absolute atomic E-state index is 0.233. The highest BCUT2D eigenvalue weighted by Gasteiger charge is 2.33. The molecule has 0 spiro atoms. The fourth-order valence-electron chi connectivity index (χ4n) is 5.16. The van der Waals surface area contributed by atoms with E-state index < -0.39 is 12.0 Å². The van der Waals surface area contributed by atoms with Crippen LogP contribution in [0.25, 0.3) is 17.0 Å². The number of hydrogen-bond donors (Lipinski definition) is 0. The Labute approximate surface area is 237 Å². The normalized spacial score (nSPS) is 15.3. The van der Waals surface area contributed by atoms with E-state index in [1.807, 2.05) is 71.4 Å². The smallest absolute Gasteiger partial charge is 0.338 e. The minimum Gasteiger partial charge on any atom is -0.466 e. The summed E-state index contributed by atoms with van der Waals surface area (Å²) in [7, 11) is 1.32. The highest BCUT2D eigenvalue weighted by Crippen LogP contribution is 2.31. The summed E-state index contributed by atoms with van der Waals surface area (Å²) >= 11 is 7.57. The lowest BCUT2D eigenvalue weighted by Gasteiger charge is -2.24. The van der Waals surface area contributed by atoms with Crippen LogP contribution in [0.3, 0.4) is 0 Å². The van der Waals surface area contributed by atoms with E-state index in [0.717, 1.165) is 22.0 Å². The summed E-state index contributed by atoms with van der Waals surface area (Å²) in [5, 5.41) is 1.26. The SMILES string of the molecule is COC(=O)C1=C(C)N=c2sc(=Cc3cn(Cc4c(F)cccc4Cl)c4ccccc34)c(=O)n2C1c1ccccc1. The van der Waals surface area contributed by atoms with Gasteiger partial charge in [-0.15, -0.1) is 0 Å². The molecule has 40 heavy (non-hydrogen) atoms. The molecule has 6 nitrogen and oxygen atoms in total. The van der Waals surface area contributed by atoms with Gasteiger partial charge in [0.1, 0.15) is 5.82 Å². The monoisotopic (exact) mass is 571 g/mol. The van der Waals surface area contributed by atoms with Crippen LogP contribution in [-0.2, 0) is 16.1 Å². The molecule has 1 aliphatic rings. The fraction of sp³-hybridized carbons (Fsp3) is 0.129. The number of allylic oxidation sites excluding steroid dienone is 1. The number of methoxy groups -OCH3 is 1. The molecule has 6 rings (SSSR count). The number of carbonyl (C=O) groups excluding carboxylic acids is 1. The number of carbonyl (C=O) groups is 1. The zero-order chi connectivity index (χ0) is 28.0. The topological polar surface area (TPSA) is 65.6 Å². The molecule has 9 heteroatoms. The average molecular weight is 572 g/mol. The van der Waals surface area contributed by atoms with Gasteiger partial charge < -0.3 is 9.30 Å². The number of fused-ring (bicyclic) bond motifs is 2. The van der Waals surface area contributed by atoms with Gasteiger partial charge in [-0.05, 0) is 36.8 Å². The maximum absolute atomic E-state index is 14.6. The van der Waals surface area contributed by atoms with Crippen LogP contribution in [0.4, 0.5) is 4.39 Å². The van der Waals surface area contributed by atoms with Gasteiger partial charge in [0.25, 0.3) is 5.56 Å². The summed E-state index contributed by atoms with van der Waals surface area (Å²) in [6.45, 7) is 1.98. The van der Waals surface area contributed by atoms with Crippen molar-refractivity contribution in [2.75, 3.05) is 7.11 Å². The van der Waals surface area contributed by atoms with Gasteiger partial charge >= 0.3 is 5.97 Å². The Hall–Kier alpha value is -4.27. The molecule has 0 fully saturated rings. The van der Waals surface area contributed by atoms with Crippen molar-refractivity contribution < 1.29 is 13.9 Å². The third-order valence-corrected chi connectivity index (χ3v) is 8.38. The Balaban J connectivity index is 1.53. The lowest BCUT2D eigenvalue weighted by atomic mass is 9.96. The Morgan fingerprint density at radius 1 is 1.10 bits per heavy atom. The second-order valence-corrected chi connectivity index (χ2v) is 10.8. The van der Waals surface area contributed by atoms with Crippen LogP contribution in [-0.4, -0.2) is 22.2 Å². The predicted octanol–water partition coefficient (Wildman–Crippen LogP) is 5.20. The Morgan fingerprint density at radius 2 is 1.85 bits per heavy atom. The zero-order valence-corrected chi connectivity index (χ0v) is 23.2. The van der Waals surface area contributed by atoms with Gasteiger partial charge in [0.15, 0.2) is 4.80 Å². The van der Waals surface area contributed by atoms with Gasteiger partial charge in [-0.25, -0.2) is 14.2 Å². The predicted molar refractivity (Wildman–Crippen MR) is 155 cm³/mol. The molecule has 1 aliphatic heterocycles. The summed E-state index contributed by atoms with van der Waals surface area (Å²) in [6.07, 6.45) is 3.72. The van der Waals surface area contributed by atoms with Crippen molar-refractivity contribution in [1.82, 2.24) is 9.13 Å². The highest BCUT2D eigenvalue weighted by atomic mass is 35.5. The van der Waals surface area contributed by atoms with E-state index in [1.165, 1.54) is 24.5 Å². The molecule has 0 saturated heterocycles. The lowest BCUT2D eigenvalue weighted by molar-refractivity contribution is -0.136. The standard InChI is InChI=1S/C31H23ClFN3O3S/c1-18-27(30(38)39-2)28(19-9-4-3-5-10-19)36-29(37)26(40-31(36)34-18)15-20-16-35(25-14-7-6-11-21(20)25)17-22-23(32)12-8-13-24(22)33/h3-16,28H,17H2,1-2H3. The third-order valence-electron chi connectivity index (χ3n) is 7.04. The molecule has 3 aromatic carbocycles. The quantitative estimate of drug-likeness (QED) is 0.272. The molecule has 5 aromatic rings. The first-order valence-corrected chi connectivity index (χ1v) is 13.7. The molecular formula is C31H23ClFN3O3S. The first-order chi connectivity index (χ1) is 19.4. The summed E-state index contributed by atoms with van der Waals surface area (Å²) in [5.41, 5.74) is 3.42. The van der Waals surface area contributed by atoms with Crippen molar-refractivity contribution in [1.29, 1.82) is 0 Å². The molecule has 2 aromatic heterocycles.